The summed E-state index contributed by atoms with van der Waals surface area (Å²) in [6, 6.07) is 7.74. The average Bonchev–Trinajstić information content (AvgIpc) is 2.92. The van der Waals surface area contributed by atoms with Crippen molar-refractivity contribution in [3.63, 3.8) is 0 Å². The molecule has 7 heteroatoms. The number of hydrogen-bond acceptors (Lipinski definition) is 6. The van der Waals surface area contributed by atoms with Crippen molar-refractivity contribution < 1.29 is 14.5 Å². The summed E-state index contributed by atoms with van der Waals surface area (Å²) in [5, 5.41) is 12.7. The Hall–Kier alpha value is -2.41. The number of nitrogens with two attached hydrogens (primary N) is 1. The molecule has 6 nitrogen and oxygen atoms in total. The van der Waals surface area contributed by atoms with Crippen LogP contribution in [0.1, 0.15) is 15.2 Å². The van der Waals surface area contributed by atoms with Gasteiger partial charge in [0.25, 0.3) is 5.69 Å². The van der Waals surface area contributed by atoms with Crippen LogP contribution in [-0.4, -0.2) is 17.5 Å². The van der Waals surface area contributed by atoms with E-state index in [-0.39, 0.29) is 23.5 Å². The number of nitro benzene ring substituents is 1. The summed E-state index contributed by atoms with van der Waals surface area (Å²) in [4.78, 5) is 23.0. The first-order chi connectivity index (χ1) is 9.58. The molecule has 20 heavy (non-hydrogen) atoms. The van der Waals surface area contributed by atoms with Gasteiger partial charge < -0.3 is 10.5 Å². The standard InChI is InChI=1S/C13H12N2O4S/c14-11-4-3-9(8-12(11)15(17)18)13(16)19-6-5-10-2-1-7-20-10/h1-4,7-8H,5-6,14H2. The Labute approximate surface area is 118 Å². The second-order valence-electron chi connectivity index (χ2n) is 4.00. The lowest BCUT2D eigenvalue weighted by Gasteiger charge is -2.04. The number of rotatable bonds is 5. The third kappa shape index (κ3) is 3.33. The fourth-order valence-electron chi connectivity index (χ4n) is 1.61. The highest BCUT2D eigenvalue weighted by atomic mass is 32.1. The molecule has 1 heterocycles. The molecule has 1 aromatic heterocycles. The Bertz CT molecular complexity index is 625. The highest BCUT2D eigenvalue weighted by molar-refractivity contribution is 7.09. The summed E-state index contributed by atoms with van der Waals surface area (Å²) < 4.78 is 5.08. The predicted molar refractivity (Wildman–Crippen MR) is 75.8 cm³/mol. The maximum atomic E-state index is 11.8. The summed E-state index contributed by atoms with van der Waals surface area (Å²) in [6.07, 6.45) is 0.625. The molecule has 0 atom stereocenters. The molecule has 0 unspecified atom stereocenters. The van der Waals surface area contributed by atoms with Crippen molar-refractivity contribution in [2.75, 3.05) is 12.3 Å². The van der Waals surface area contributed by atoms with Crippen molar-refractivity contribution in [2.45, 2.75) is 6.42 Å². The van der Waals surface area contributed by atoms with E-state index in [1.54, 1.807) is 11.3 Å². The van der Waals surface area contributed by atoms with Gasteiger partial charge >= 0.3 is 5.97 Å². The molecule has 0 amide bonds. The van der Waals surface area contributed by atoms with Gasteiger partial charge in [0.1, 0.15) is 5.69 Å². The molecule has 0 bridgehead atoms. The van der Waals surface area contributed by atoms with Crippen molar-refractivity contribution in [3.05, 3.63) is 56.3 Å². The largest absolute Gasteiger partial charge is 0.462 e. The van der Waals surface area contributed by atoms with Gasteiger partial charge in [-0.1, -0.05) is 6.07 Å². The van der Waals surface area contributed by atoms with Crippen LogP contribution >= 0.6 is 11.3 Å². The molecule has 2 aromatic rings. The van der Waals surface area contributed by atoms with Crippen molar-refractivity contribution in [3.8, 4) is 0 Å². The lowest BCUT2D eigenvalue weighted by atomic mass is 10.2. The van der Waals surface area contributed by atoms with E-state index in [1.165, 1.54) is 12.1 Å². The average molecular weight is 292 g/mol. The molecule has 0 spiro atoms. The van der Waals surface area contributed by atoms with Crippen LogP contribution in [0.4, 0.5) is 11.4 Å². The van der Waals surface area contributed by atoms with Crippen LogP contribution in [0.2, 0.25) is 0 Å². The van der Waals surface area contributed by atoms with E-state index in [1.807, 2.05) is 17.5 Å². The second kappa shape index (κ2) is 6.16. The van der Waals surface area contributed by atoms with Gasteiger partial charge in [0.15, 0.2) is 0 Å². The first-order valence-corrected chi connectivity index (χ1v) is 6.69. The molecule has 0 aliphatic rings. The molecule has 0 saturated carbocycles. The minimum absolute atomic E-state index is 0.0186. The van der Waals surface area contributed by atoms with Crippen LogP contribution in [0.5, 0.6) is 0 Å². The Morgan fingerprint density at radius 2 is 2.20 bits per heavy atom. The molecule has 0 aliphatic carbocycles. The number of benzene rings is 1. The quantitative estimate of drug-likeness (QED) is 0.395. The molecular formula is C13H12N2O4S. The van der Waals surface area contributed by atoms with E-state index in [4.69, 9.17) is 10.5 Å². The number of ether oxygens (including phenoxy) is 1. The molecular weight excluding hydrogens is 280 g/mol. The number of thiophene rings is 1. The first-order valence-electron chi connectivity index (χ1n) is 5.81. The number of esters is 1. The zero-order valence-corrected chi connectivity index (χ0v) is 11.3. The zero-order valence-electron chi connectivity index (χ0n) is 10.4. The van der Waals surface area contributed by atoms with E-state index in [0.717, 1.165) is 10.9 Å². The van der Waals surface area contributed by atoms with Gasteiger partial charge in [-0.2, -0.15) is 0 Å². The number of carbonyl (C=O) groups is 1. The molecule has 2 rings (SSSR count). The third-order valence-corrected chi connectivity index (χ3v) is 3.56. The lowest BCUT2D eigenvalue weighted by Crippen LogP contribution is -2.08. The Kier molecular flexibility index (Phi) is 4.31. The monoisotopic (exact) mass is 292 g/mol. The van der Waals surface area contributed by atoms with E-state index in [0.29, 0.717) is 6.42 Å². The van der Waals surface area contributed by atoms with Gasteiger partial charge in [-0.3, -0.25) is 10.1 Å². The molecule has 0 fully saturated rings. The summed E-state index contributed by atoms with van der Waals surface area (Å²) in [6.45, 7) is 0.234. The summed E-state index contributed by atoms with van der Waals surface area (Å²) in [5.41, 5.74) is 5.31. The van der Waals surface area contributed by atoms with Crippen LogP contribution < -0.4 is 5.73 Å². The molecule has 0 radical (unpaired) electrons. The van der Waals surface area contributed by atoms with E-state index in [9.17, 15) is 14.9 Å². The van der Waals surface area contributed by atoms with E-state index in [2.05, 4.69) is 0 Å². The van der Waals surface area contributed by atoms with Gasteiger partial charge in [-0.25, -0.2) is 4.79 Å². The maximum absolute atomic E-state index is 11.8. The Balaban J connectivity index is 1.98. The van der Waals surface area contributed by atoms with Crippen LogP contribution in [0.25, 0.3) is 0 Å². The van der Waals surface area contributed by atoms with Crippen LogP contribution in [0.15, 0.2) is 35.7 Å². The highest BCUT2D eigenvalue weighted by Crippen LogP contribution is 2.22. The minimum atomic E-state index is -0.627. The van der Waals surface area contributed by atoms with Crippen molar-refractivity contribution in [1.82, 2.24) is 0 Å². The van der Waals surface area contributed by atoms with Crippen molar-refractivity contribution >= 4 is 28.7 Å². The van der Waals surface area contributed by atoms with Gasteiger partial charge in [-0.05, 0) is 23.6 Å². The maximum Gasteiger partial charge on any atom is 0.338 e. The normalized spacial score (nSPS) is 10.2. The molecule has 0 saturated heterocycles. The number of carbonyl (C=O) groups excluding carboxylic acids is 1. The topological polar surface area (TPSA) is 95.5 Å². The number of nitrogen functional groups attached to an aromatic ring is 1. The van der Waals surface area contributed by atoms with Gasteiger partial charge in [0.05, 0.1) is 17.1 Å². The smallest absolute Gasteiger partial charge is 0.338 e. The van der Waals surface area contributed by atoms with Crippen LogP contribution in [-0.2, 0) is 11.2 Å². The van der Waals surface area contributed by atoms with Gasteiger partial charge in [0.2, 0.25) is 0 Å². The lowest BCUT2D eigenvalue weighted by molar-refractivity contribution is -0.383. The molecule has 0 aliphatic heterocycles. The summed E-state index contributed by atoms with van der Waals surface area (Å²) in [7, 11) is 0. The fourth-order valence-corrected chi connectivity index (χ4v) is 2.30. The summed E-state index contributed by atoms with van der Waals surface area (Å²) in [5.74, 6) is -0.593. The van der Waals surface area contributed by atoms with Crippen LogP contribution in [0.3, 0.4) is 0 Å². The highest BCUT2D eigenvalue weighted by Gasteiger charge is 2.16. The summed E-state index contributed by atoms with van der Waals surface area (Å²) >= 11 is 1.58. The third-order valence-electron chi connectivity index (χ3n) is 2.62. The van der Waals surface area contributed by atoms with Crippen molar-refractivity contribution in [1.29, 1.82) is 0 Å². The fraction of sp³-hybridized carbons (Fsp3) is 0.154. The number of nitrogens with zero attached hydrogens (tertiary/aromatic N) is 1. The van der Waals surface area contributed by atoms with Gasteiger partial charge in [0, 0.05) is 17.4 Å². The van der Waals surface area contributed by atoms with E-state index >= 15 is 0 Å². The number of nitro groups is 1. The number of hydrogen-bond donors (Lipinski definition) is 1. The predicted octanol–water partition coefficient (Wildman–Crippen LogP) is 2.64. The second-order valence-corrected chi connectivity index (χ2v) is 5.03. The van der Waals surface area contributed by atoms with Crippen molar-refractivity contribution in [2.24, 2.45) is 0 Å². The van der Waals surface area contributed by atoms with E-state index < -0.39 is 10.9 Å². The molecule has 1 aromatic carbocycles. The SMILES string of the molecule is Nc1ccc(C(=O)OCCc2cccs2)cc1[N+](=O)[O-]. The van der Waals surface area contributed by atoms with Crippen LogP contribution in [0, 0.1) is 10.1 Å². The number of anilines is 1. The Morgan fingerprint density at radius 3 is 2.85 bits per heavy atom. The first kappa shape index (κ1) is 14.0. The van der Waals surface area contributed by atoms with Gasteiger partial charge in [-0.15, -0.1) is 11.3 Å². The minimum Gasteiger partial charge on any atom is -0.462 e. The zero-order chi connectivity index (χ0) is 14.5. The molecule has 2 N–H and O–H groups in total. The Morgan fingerprint density at radius 1 is 1.40 bits per heavy atom. The molecule has 104 valence electrons.